The van der Waals surface area contributed by atoms with E-state index in [2.05, 4.69) is 27.7 Å². The van der Waals surface area contributed by atoms with Crippen molar-refractivity contribution >= 4 is 17.9 Å². The van der Waals surface area contributed by atoms with E-state index in [0.29, 0.717) is 19.3 Å². The van der Waals surface area contributed by atoms with Gasteiger partial charge in [0.2, 0.25) is 0 Å². The third kappa shape index (κ3) is 31.8. The van der Waals surface area contributed by atoms with Gasteiger partial charge in [0.15, 0.2) is 6.10 Å². The minimum atomic E-state index is -0.755. The number of carbonyl (C=O) groups is 3. The number of hydrogen-bond donors (Lipinski definition) is 0. The summed E-state index contributed by atoms with van der Waals surface area (Å²) in [6, 6.07) is 0. The summed E-state index contributed by atoms with van der Waals surface area (Å²) in [5.74, 6) is -0.102. The Bertz CT molecular complexity index is 662. The van der Waals surface area contributed by atoms with Crippen LogP contribution in [0.1, 0.15) is 201 Å². The first kappa shape index (κ1) is 42.4. The molecule has 0 aromatic heterocycles. The molecule has 0 heterocycles. The summed E-state index contributed by atoms with van der Waals surface area (Å²) in [5.41, 5.74) is 0. The van der Waals surface area contributed by atoms with Gasteiger partial charge in [0, 0.05) is 19.3 Å². The summed E-state index contributed by atoms with van der Waals surface area (Å²) >= 11 is 0. The molecule has 6 nitrogen and oxygen atoms in total. The van der Waals surface area contributed by atoms with E-state index in [4.69, 9.17) is 14.2 Å². The van der Waals surface area contributed by atoms with Gasteiger partial charge in [-0.1, -0.05) is 163 Å². The molecule has 0 radical (unpaired) electrons. The van der Waals surface area contributed by atoms with Crippen molar-refractivity contribution in [2.45, 2.75) is 207 Å². The molecule has 0 aliphatic carbocycles. The molecule has 0 aromatic carbocycles. The first-order chi connectivity index (χ1) is 21.4. The third-order valence-electron chi connectivity index (χ3n) is 8.29. The highest BCUT2D eigenvalue weighted by Crippen LogP contribution is 2.14. The topological polar surface area (TPSA) is 78.9 Å². The molecule has 6 heteroatoms. The van der Waals surface area contributed by atoms with Crippen LogP contribution in [0.2, 0.25) is 0 Å². The van der Waals surface area contributed by atoms with E-state index in [-0.39, 0.29) is 31.1 Å². The third-order valence-corrected chi connectivity index (χ3v) is 8.29. The Morgan fingerprint density at radius 3 is 1.11 bits per heavy atom. The number of ether oxygens (including phenoxy) is 3. The fourth-order valence-corrected chi connectivity index (χ4v) is 5.39. The summed E-state index contributed by atoms with van der Waals surface area (Å²) in [5, 5.41) is 0. The first-order valence-corrected chi connectivity index (χ1v) is 18.9. The normalized spacial score (nSPS) is 11.9. The maximum Gasteiger partial charge on any atom is 0.306 e. The molecule has 0 spiro atoms. The predicted octanol–water partition coefficient (Wildman–Crippen LogP) is 11.2. The van der Waals surface area contributed by atoms with Gasteiger partial charge in [0.05, 0.1) is 0 Å². The van der Waals surface area contributed by atoms with Gasteiger partial charge in [0.25, 0.3) is 0 Å². The average molecular weight is 625 g/mol. The zero-order chi connectivity index (χ0) is 32.5. The van der Waals surface area contributed by atoms with Crippen LogP contribution in [0.25, 0.3) is 0 Å². The average Bonchev–Trinajstić information content (AvgIpc) is 3.00. The van der Waals surface area contributed by atoms with Gasteiger partial charge in [0.1, 0.15) is 13.2 Å². The molecule has 0 saturated heterocycles. The van der Waals surface area contributed by atoms with Crippen LogP contribution in [0.4, 0.5) is 0 Å². The molecule has 0 aromatic rings. The van der Waals surface area contributed by atoms with Crippen molar-refractivity contribution in [1.29, 1.82) is 0 Å². The molecule has 0 aliphatic rings. The molecular formula is C38H72O6. The summed E-state index contributed by atoms with van der Waals surface area (Å²) < 4.78 is 16.5. The number of unbranched alkanes of at least 4 members (excludes halogenated alkanes) is 20. The van der Waals surface area contributed by atoms with Gasteiger partial charge in [-0.25, -0.2) is 0 Å². The van der Waals surface area contributed by atoms with E-state index < -0.39 is 6.10 Å². The highest BCUT2D eigenvalue weighted by Gasteiger charge is 2.19. The van der Waals surface area contributed by atoms with E-state index in [1.54, 1.807) is 0 Å². The maximum absolute atomic E-state index is 12.4. The molecule has 44 heavy (non-hydrogen) atoms. The molecule has 0 saturated carbocycles. The standard InChI is InChI=1S/C38H72O6/c1-5-7-9-11-12-13-14-15-18-22-25-29-36(39)42-32-35(44-38(41)31-27-20-10-8-6-2)33-43-37(40)30-26-23-19-16-17-21-24-28-34(3)4/h34-35H,5-33H2,1-4H3/t35-/m1/s1. The Balaban J connectivity index is 4.25. The van der Waals surface area contributed by atoms with Crippen LogP contribution in [0.3, 0.4) is 0 Å². The Kier molecular flexibility index (Phi) is 31.6. The Morgan fingerprint density at radius 1 is 0.432 bits per heavy atom. The van der Waals surface area contributed by atoms with Crippen molar-refractivity contribution in [3.63, 3.8) is 0 Å². The van der Waals surface area contributed by atoms with E-state index in [9.17, 15) is 14.4 Å². The molecule has 0 amide bonds. The lowest BCUT2D eigenvalue weighted by Crippen LogP contribution is -2.30. The number of rotatable bonds is 33. The van der Waals surface area contributed by atoms with Crippen molar-refractivity contribution < 1.29 is 28.6 Å². The van der Waals surface area contributed by atoms with Crippen molar-refractivity contribution in [3.8, 4) is 0 Å². The fraction of sp³-hybridized carbons (Fsp3) is 0.921. The monoisotopic (exact) mass is 625 g/mol. The van der Waals surface area contributed by atoms with Crippen LogP contribution in [-0.2, 0) is 28.6 Å². The first-order valence-electron chi connectivity index (χ1n) is 18.9. The maximum atomic E-state index is 12.4. The number of carbonyl (C=O) groups excluding carboxylic acids is 3. The van der Waals surface area contributed by atoms with E-state index >= 15 is 0 Å². The molecule has 1 atom stereocenters. The molecule has 0 bridgehead atoms. The molecule has 0 rings (SSSR count). The fourth-order valence-electron chi connectivity index (χ4n) is 5.39. The van der Waals surface area contributed by atoms with Gasteiger partial charge in [-0.15, -0.1) is 0 Å². The molecule has 0 fully saturated rings. The summed E-state index contributed by atoms with van der Waals surface area (Å²) in [6.07, 6.45) is 28.4. The van der Waals surface area contributed by atoms with E-state index in [1.807, 2.05) is 0 Å². The number of hydrogen-bond acceptors (Lipinski definition) is 6. The predicted molar refractivity (Wildman–Crippen MR) is 183 cm³/mol. The number of esters is 3. The lowest BCUT2D eigenvalue weighted by Gasteiger charge is -2.18. The van der Waals surface area contributed by atoms with Gasteiger partial charge < -0.3 is 14.2 Å². The highest BCUT2D eigenvalue weighted by molar-refractivity contribution is 5.71. The zero-order valence-corrected chi connectivity index (χ0v) is 29.6. The Morgan fingerprint density at radius 2 is 0.750 bits per heavy atom. The minimum Gasteiger partial charge on any atom is -0.462 e. The van der Waals surface area contributed by atoms with Gasteiger partial charge >= 0.3 is 17.9 Å². The highest BCUT2D eigenvalue weighted by atomic mass is 16.6. The van der Waals surface area contributed by atoms with Gasteiger partial charge in [-0.2, -0.15) is 0 Å². The second-order valence-electron chi connectivity index (χ2n) is 13.3. The van der Waals surface area contributed by atoms with E-state index in [0.717, 1.165) is 70.1 Å². The lowest BCUT2D eigenvalue weighted by molar-refractivity contribution is -0.167. The zero-order valence-electron chi connectivity index (χ0n) is 29.6. The molecule has 0 N–H and O–H groups in total. The summed E-state index contributed by atoms with van der Waals surface area (Å²) in [4.78, 5) is 37.1. The quantitative estimate of drug-likeness (QED) is 0.0410. The molecule has 0 unspecified atom stereocenters. The van der Waals surface area contributed by atoms with Crippen molar-refractivity contribution in [3.05, 3.63) is 0 Å². The van der Waals surface area contributed by atoms with Crippen LogP contribution < -0.4 is 0 Å². The van der Waals surface area contributed by atoms with E-state index in [1.165, 1.54) is 89.9 Å². The summed E-state index contributed by atoms with van der Waals surface area (Å²) in [7, 11) is 0. The molecule has 260 valence electrons. The molecule has 0 aliphatic heterocycles. The SMILES string of the molecule is CCCCCCCCCCCCCC(=O)OC[C@H](COC(=O)CCCCCCCCCC(C)C)OC(=O)CCCCCCC. The van der Waals surface area contributed by atoms with Crippen molar-refractivity contribution in [2.24, 2.45) is 5.92 Å². The van der Waals surface area contributed by atoms with Gasteiger partial charge in [-0.05, 0) is 25.2 Å². The second kappa shape index (κ2) is 32.8. The van der Waals surface area contributed by atoms with Crippen LogP contribution >= 0.6 is 0 Å². The van der Waals surface area contributed by atoms with Crippen LogP contribution in [0.15, 0.2) is 0 Å². The summed E-state index contributed by atoms with van der Waals surface area (Å²) in [6.45, 7) is 8.82. The lowest BCUT2D eigenvalue weighted by atomic mass is 10.0. The van der Waals surface area contributed by atoms with Crippen LogP contribution in [0.5, 0.6) is 0 Å². The second-order valence-corrected chi connectivity index (χ2v) is 13.3. The van der Waals surface area contributed by atoms with Crippen LogP contribution in [0, 0.1) is 5.92 Å². The minimum absolute atomic E-state index is 0.0669. The molecular weight excluding hydrogens is 552 g/mol. The Labute approximate surface area is 272 Å². The largest absolute Gasteiger partial charge is 0.462 e. The van der Waals surface area contributed by atoms with Crippen molar-refractivity contribution in [1.82, 2.24) is 0 Å². The van der Waals surface area contributed by atoms with Gasteiger partial charge in [-0.3, -0.25) is 14.4 Å². The Hall–Kier alpha value is -1.59. The smallest absolute Gasteiger partial charge is 0.306 e. The van der Waals surface area contributed by atoms with Crippen LogP contribution in [-0.4, -0.2) is 37.2 Å². The van der Waals surface area contributed by atoms with Crippen molar-refractivity contribution in [2.75, 3.05) is 13.2 Å².